The molecular weight excluding hydrogens is 462 g/mol. The molecule has 0 N–H and O–H groups in total. The largest absolute Gasteiger partial charge is 0.417 e. The van der Waals surface area contributed by atoms with Crippen LogP contribution in [0.15, 0.2) is 55.0 Å². The molecule has 0 aliphatic carbocycles. The lowest BCUT2D eigenvalue weighted by Crippen LogP contribution is -2.51. The van der Waals surface area contributed by atoms with Crippen LogP contribution in [0.4, 0.5) is 23.4 Å². The van der Waals surface area contributed by atoms with Crippen molar-refractivity contribution in [2.45, 2.75) is 45.5 Å². The van der Waals surface area contributed by atoms with Gasteiger partial charge in [0.1, 0.15) is 11.6 Å². The maximum atomic E-state index is 14.2. The number of carbonyl (C=O) groups is 1. The van der Waals surface area contributed by atoms with Crippen molar-refractivity contribution in [2.24, 2.45) is 0 Å². The number of benzene rings is 1. The van der Waals surface area contributed by atoms with Crippen LogP contribution in [0, 0.1) is 5.82 Å². The zero-order valence-electron chi connectivity index (χ0n) is 19.9. The third kappa shape index (κ3) is 5.75. The molecule has 1 amide bonds. The van der Waals surface area contributed by atoms with Crippen molar-refractivity contribution in [3.05, 3.63) is 71.9 Å². The minimum Gasteiger partial charge on any atom is -0.355 e. The number of pyridine rings is 1. The van der Waals surface area contributed by atoms with Gasteiger partial charge in [0, 0.05) is 43.8 Å². The number of anilines is 1. The number of carbonyl (C=O) groups excluding carboxylic acids is 1. The van der Waals surface area contributed by atoms with E-state index in [1.807, 2.05) is 20.8 Å². The van der Waals surface area contributed by atoms with Crippen molar-refractivity contribution in [3.63, 3.8) is 0 Å². The number of hydrogen-bond acceptors (Lipinski definition) is 5. The average Bonchev–Trinajstić information content (AvgIpc) is 2.86. The van der Waals surface area contributed by atoms with Crippen molar-refractivity contribution >= 4 is 11.7 Å². The number of hydrogen-bond donors (Lipinski definition) is 0. The Bertz CT molecular complexity index is 1140. The highest BCUT2D eigenvalue weighted by atomic mass is 19.4. The summed E-state index contributed by atoms with van der Waals surface area (Å²) in [5, 5.41) is 0. The average molecular weight is 490 g/mol. The topological polar surface area (TPSA) is 62.2 Å². The highest BCUT2D eigenvalue weighted by Crippen LogP contribution is 2.30. The molecule has 1 aromatic carbocycles. The molecule has 10 heteroatoms. The molecule has 3 rings (SSSR count). The van der Waals surface area contributed by atoms with E-state index in [0.717, 1.165) is 12.3 Å². The Labute approximate surface area is 201 Å². The molecule has 3 aromatic rings. The van der Waals surface area contributed by atoms with Crippen LogP contribution in [0.1, 0.15) is 43.1 Å². The van der Waals surface area contributed by atoms with Crippen LogP contribution in [-0.2, 0) is 6.18 Å². The van der Waals surface area contributed by atoms with Crippen LogP contribution in [-0.4, -0.2) is 51.4 Å². The smallest absolute Gasteiger partial charge is 0.355 e. The van der Waals surface area contributed by atoms with Gasteiger partial charge in [0.2, 0.25) is 0 Å². The molecule has 2 atom stereocenters. The van der Waals surface area contributed by atoms with Crippen LogP contribution >= 0.6 is 0 Å². The summed E-state index contributed by atoms with van der Waals surface area (Å²) >= 11 is 0. The zero-order chi connectivity index (χ0) is 25.8. The van der Waals surface area contributed by atoms with Crippen LogP contribution in [0.5, 0.6) is 0 Å². The van der Waals surface area contributed by atoms with Gasteiger partial charge in [-0.1, -0.05) is 6.92 Å². The SMILES string of the molecule is CCC(C(C)N(C)c1ccc(C(F)(F)F)cn1)N(CC)C(=O)c1cc(F)ccc1-c1ncccn1. The first-order chi connectivity index (χ1) is 16.6. The number of nitrogens with zero attached hydrogens (tertiary/aromatic N) is 5. The highest BCUT2D eigenvalue weighted by molar-refractivity contribution is 6.00. The third-order valence-electron chi connectivity index (χ3n) is 6.04. The third-order valence-corrected chi connectivity index (χ3v) is 6.04. The molecule has 0 saturated heterocycles. The standard InChI is InChI=1S/C25H27F4N5O/c1-5-21(16(3)33(4)22-11-8-17(15-32-22)25(27,28)29)34(6-2)24(35)20-14-18(26)9-10-19(20)23-30-12-7-13-31-23/h7-16,21H,5-6H2,1-4H3. The van der Waals surface area contributed by atoms with E-state index in [1.165, 1.54) is 24.3 Å². The van der Waals surface area contributed by atoms with E-state index in [4.69, 9.17) is 0 Å². The molecule has 2 aromatic heterocycles. The van der Waals surface area contributed by atoms with Crippen molar-refractivity contribution in [2.75, 3.05) is 18.5 Å². The Balaban J connectivity index is 1.92. The lowest BCUT2D eigenvalue weighted by atomic mass is 10.00. The van der Waals surface area contributed by atoms with Crippen LogP contribution in [0.25, 0.3) is 11.4 Å². The van der Waals surface area contributed by atoms with Gasteiger partial charge in [-0.3, -0.25) is 4.79 Å². The maximum Gasteiger partial charge on any atom is 0.417 e. The molecule has 2 unspecified atom stereocenters. The monoisotopic (exact) mass is 489 g/mol. The summed E-state index contributed by atoms with van der Waals surface area (Å²) < 4.78 is 52.9. The van der Waals surface area contributed by atoms with Crippen LogP contribution < -0.4 is 4.90 Å². The number of likely N-dealkylation sites (N-methyl/N-ethyl adjacent to an activating group) is 2. The zero-order valence-corrected chi connectivity index (χ0v) is 19.9. The first kappa shape index (κ1) is 26.1. The minimum atomic E-state index is -4.47. The molecule has 0 fully saturated rings. The summed E-state index contributed by atoms with van der Waals surface area (Å²) in [7, 11) is 1.71. The predicted octanol–water partition coefficient (Wildman–Crippen LogP) is 5.46. The Morgan fingerprint density at radius 3 is 2.29 bits per heavy atom. The van der Waals surface area contributed by atoms with Crippen molar-refractivity contribution < 1.29 is 22.4 Å². The summed E-state index contributed by atoms with van der Waals surface area (Å²) in [5.41, 5.74) is -0.281. The second kappa shape index (κ2) is 10.8. The van der Waals surface area contributed by atoms with E-state index in [9.17, 15) is 22.4 Å². The quantitative estimate of drug-likeness (QED) is 0.393. The first-order valence-electron chi connectivity index (χ1n) is 11.2. The maximum absolute atomic E-state index is 14.2. The Morgan fingerprint density at radius 1 is 1.06 bits per heavy atom. The van der Waals surface area contributed by atoms with Crippen molar-refractivity contribution in [1.82, 2.24) is 19.9 Å². The predicted molar refractivity (Wildman–Crippen MR) is 125 cm³/mol. The van der Waals surface area contributed by atoms with Gasteiger partial charge in [0.05, 0.1) is 17.2 Å². The molecule has 0 bridgehead atoms. The summed E-state index contributed by atoms with van der Waals surface area (Å²) in [6.45, 7) is 5.94. The molecule has 2 heterocycles. The Morgan fingerprint density at radius 2 is 1.74 bits per heavy atom. The summed E-state index contributed by atoms with van der Waals surface area (Å²) in [6.07, 6.45) is -0.0431. The molecule has 0 aliphatic heterocycles. The van der Waals surface area contributed by atoms with Crippen molar-refractivity contribution in [1.29, 1.82) is 0 Å². The van der Waals surface area contributed by atoms with E-state index in [0.29, 0.717) is 30.2 Å². The fourth-order valence-electron chi connectivity index (χ4n) is 4.06. The van der Waals surface area contributed by atoms with Gasteiger partial charge < -0.3 is 9.80 Å². The normalized spacial score (nSPS) is 13.3. The molecule has 186 valence electrons. The van der Waals surface area contributed by atoms with Crippen LogP contribution in [0.2, 0.25) is 0 Å². The number of alkyl halides is 3. The number of amides is 1. The Kier molecular flexibility index (Phi) is 8.03. The summed E-state index contributed by atoms with van der Waals surface area (Å²) in [4.78, 5) is 29.4. The van der Waals surface area contributed by atoms with Gasteiger partial charge in [-0.05, 0) is 56.7 Å². The molecule has 0 aliphatic rings. The van der Waals surface area contributed by atoms with E-state index >= 15 is 0 Å². The number of aromatic nitrogens is 3. The van der Waals surface area contributed by atoms with Gasteiger partial charge in [-0.2, -0.15) is 13.2 Å². The molecule has 0 saturated carbocycles. The van der Waals surface area contributed by atoms with Crippen molar-refractivity contribution in [3.8, 4) is 11.4 Å². The fourth-order valence-corrected chi connectivity index (χ4v) is 4.06. The lowest BCUT2D eigenvalue weighted by Gasteiger charge is -2.39. The second-order valence-electron chi connectivity index (χ2n) is 8.08. The van der Waals surface area contributed by atoms with E-state index in [-0.39, 0.29) is 23.6 Å². The first-order valence-corrected chi connectivity index (χ1v) is 11.2. The van der Waals surface area contributed by atoms with Gasteiger partial charge in [-0.15, -0.1) is 0 Å². The molecule has 0 spiro atoms. The molecule has 6 nitrogen and oxygen atoms in total. The lowest BCUT2D eigenvalue weighted by molar-refractivity contribution is -0.137. The van der Waals surface area contributed by atoms with E-state index in [2.05, 4.69) is 15.0 Å². The minimum absolute atomic E-state index is 0.138. The number of halogens is 4. The van der Waals surface area contributed by atoms with Gasteiger partial charge >= 0.3 is 6.18 Å². The van der Waals surface area contributed by atoms with E-state index < -0.39 is 17.6 Å². The fraction of sp³-hybridized carbons (Fsp3) is 0.360. The van der Waals surface area contributed by atoms with Crippen LogP contribution in [0.3, 0.4) is 0 Å². The number of rotatable bonds is 8. The molecule has 35 heavy (non-hydrogen) atoms. The Hall–Kier alpha value is -3.56. The van der Waals surface area contributed by atoms with Gasteiger partial charge in [0.25, 0.3) is 5.91 Å². The van der Waals surface area contributed by atoms with Gasteiger partial charge in [-0.25, -0.2) is 19.3 Å². The second-order valence-corrected chi connectivity index (χ2v) is 8.08. The molecule has 0 radical (unpaired) electrons. The molecular formula is C25H27F4N5O. The summed E-state index contributed by atoms with van der Waals surface area (Å²) in [6, 6.07) is 7.20. The van der Waals surface area contributed by atoms with E-state index in [1.54, 1.807) is 35.3 Å². The summed E-state index contributed by atoms with van der Waals surface area (Å²) in [5.74, 6) is -0.297. The highest BCUT2D eigenvalue weighted by Gasteiger charge is 2.33. The van der Waals surface area contributed by atoms with Gasteiger partial charge in [0.15, 0.2) is 5.82 Å².